The number of anilines is 1. The van der Waals surface area contributed by atoms with Crippen molar-refractivity contribution in [1.29, 1.82) is 0 Å². The monoisotopic (exact) mass is 386 g/mol. The molecule has 0 amide bonds. The van der Waals surface area contributed by atoms with E-state index in [1.54, 1.807) is 0 Å². The number of benzene rings is 5. The molecule has 0 radical (unpaired) electrons. The Morgan fingerprint density at radius 2 is 1.25 bits per heavy atom. The smallest absolute Gasteiger partial charge is 0.0340 e. The van der Waals surface area contributed by atoms with Crippen LogP contribution in [0.3, 0.4) is 0 Å². The fourth-order valence-corrected chi connectivity index (χ4v) is 4.02. The van der Waals surface area contributed by atoms with Gasteiger partial charge in [0, 0.05) is 25.3 Å². The minimum atomic E-state index is 0. The van der Waals surface area contributed by atoms with Gasteiger partial charge in [0.25, 0.3) is 0 Å². The molecule has 0 atom stereocenters. The summed E-state index contributed by atoms with van der Waals surface area (Å²) < 4.78 is 0. The molecule has 0 aliphatic heterocycles. The quantitative estimate of drug-likeness (QED) is 0.268. The minimum absolute atomic E-state index is 0. The largest absolute Gasteiger partial charge is 0.384 e. The molecule has 2 nitrogen and oxygen atoms in total. The van der Waals surface area contributed by atoms with Gasteiger partial charge in [-0.3, -0.25) is 0 Å². The van der Waals surface area contributed by atoms with Crippen molar-refractivity contribution in [2.45, 2.75) is 6.54 Å². The van der Waals surface area contributed by atoms with Crippen LogP contribution in [0.2, 0.25) is 0 Å². The summed E-state index contributed by atoms with van der Waals surface area (Å²) in [6.45, 7) is 2.72. The van der Waals surface area contributed by atoms with Crippen LogP contribution in [0.15, 0.2) is 84.9 Å². The van der Waals surface area contributed by atoms with Crippen molar-refractivity contribution in [1.82, 2.24) is 5.32 Å². The lowest BCUT2D eigenvalue weighted by Gasteiger charge is -2.14. The van der Waals surface area contributed by atoms with Crippen molar-refractivity contribution in [2.24, 2.45) is 0 Å². The Morgan fingerprint density at radius 3 is 2.04 bits per heavy atom. The molecule has 0 heterocycles. The summed E-state index contributed by atoms with van der Waals surface area (Å²) in [5.74, 6) is 0. The Bertz CT molecular complexity index is 1190. The topological polar surface area (TPSA) is 24.1 Å². The van der Waals surface area contributed by atoms with E-state index in [-0.39, 0.29) is 12.4 Å². The summed E-state index contributed by atoms with van der Waals surface area (Å²) in [6.07, 6.45) is 0. The predicted octanol–water partition coefficient (Wildman–Crippen LogP) is 6.21. The molecule has 0 aliphatic rings. The first-order valence-electron chi connectivity index (χ1n) is 9.55. The molecule has 3 heteroatoms. The summed E-state index contributed by atoms with van der Waals surface area (Å²) in [6, 6.07) is 30.4. The molecular weight excluding hydrogens is 364 g/mol. The van der Waals surface area contributed by atoms with Crippen molar-refractivity contribution in [3.63, 3.8) is 0 Å². The van der Waals surface area contributed by atoms with E-state index >= 15 is 0 Å². The fourth-order valence-electron chi connectivity index (χ4n) is 4.02. The van der Waals surface area contributed by atoms with E-state index in [2.05, 4.69) is 89.5 Å². The molecule has 140 valence electrons. The zero-order valence-corrected chi connectivity index (χ0v) is 16.4. The third-order valence-corrected chi connectivity index (χ3v) is 5.34. The minimum Gasteiger partial charge on any atom is -0.384 e. The van der Waals surface area contributed by atoms with Crippen molar-refractivity contribution < 1.29 is 0 Å². The summed E-state index contributed by atoms with van der Waals surface area (Å²) in [5, 5.41) is 15.1. The van der Waals surface area contributed by atoms with E-state index < -0.39 is 0 Å². The maximum atomic E-state index is 3.58. The Morgan fingerprint density at radius 1 is 0.571 bits per heavy atom. The Labute approximate surface area is 171 Å². The summed E-state index contributed by atoms with van der Waals surface area (Å²) >= 11 is 0. The molecule has 0 fully saturated rings. The van der Waals surface area contributed by atoms with Crippen LogP contribution in [0.25, 0.3) is 32.3 Å². The molecule has 5 aromatic rings. The standard InChI is InChI=1S/C25H22N2.ClH/c1-2-7-22(8-3-1)27-16-15-26-17-21-12-11-20-10-9-18-5-4-6-19-13-14-23(21)25(20)24(18)19;/h1-14,26-27H,15-17H2;1H. The first-order chi connectivity index (χ1) is 13.4. The van der Waals surface area contributed by atoms with Crippen LogP contribution in [0.5, 0.6) is 0 Å². The highest BCUT2D eigenvalue weighted by Gasteiger charge is 2.10. The van der Waals surface area contributed by atoms with Gasteiger partial charge in [0.15, 0.2) is 0 Å². The zero-order chi connectivity index (χ0) is 18.1. The van der Waals surface area contributed by atoms with Crippen molar-refractivity contribution in [3.8, 4) is 0 Å². The van der Waals surface area contributed by atoms with Crippen molar-refractivity contribution in [2.75, 3.05) is 18.4 Å². The fraction of sp³-hybridized carbons (Fsp3) is 0.120. The van der Waals surface area contributed by atoms with E-state index in [1.165, 1.54) is 43.6 Å². The number of halogens is 1. The van der Waals surface area contributed by atoms with Crippen LogP contribution >= 0.6 is 12.4 Å². The summed E-state index contributed by atoms with van der Waals surface area (Å²) in [5.41, 5.74) is 2.53. The van der Waals surface area contributed by atoms with Crippen LogP contribution in [0.1, 0.15) is 5.56 Å². The Kier molecular flexibility index (Phi) is 5.34. The molecule has 0 saturated heterocycles. The SMILES string of the molecule is Cl.c1ccc(NCCNCc2ccc3ccc4cccc5ccc2c3c45)cc1. The number of nitrogens with one attached hydrogen (secondary N) is 2. The van der Waals surface area contributed by atoms with E-state index in [0.717, 1.165) is 19.6 Å². The first-order valence-corrected chi connectivity index (χ1v) is 9.55. The van der Waals surface area contributed by atoms with Gasteiger partial charge in [0.1, 0.15) is 0 Å². The molecule has 5 aromatic carbocycles. The number of hydrogen-bond donors (Lipinski definition) is 2. The van der Waals surface area contributed by atoms with Crippen LogP contribution in [0.4, 0.5) is 5.69 Å². The third kappa shape index (κ3) is 3.37. The van der Waals surface area contributed by atoms with Gasteiger partial charge >= 0.3 is 0 Å². The maximum Gasteiger partial charge on any atom is 0.0340 e. The van der Waals surface area contributed by atoms with Crippen LogP contribution in [0, 0.1) is 0 Å². The van der Waals surface area contributed by atoms with Crippen molar-refractivity contribution in [3.05, 3.63) is 90.5 Å². The highest BCUT2D eigenvalue weighted by Crippen LogP contribution is 2.35. The van der Waals surface area contributed by atoms with Crippen LogP contribution in [-0.4, -0.2) is 13.1 Å². The Hall–Kier alpha value is -2.81. The maximum absolute atomic E-state index is 3.58. The van der Waals surface area contributed by atoms with Gasteiger partial charge in [-0.1, -0.05) is 72.8 Å². The summed E-state index contributed by atoms with van der Waals surface area (Å²) in [7, 11) is 0. The van der Waals surface area contributed by atoms with Gasteiger partial charge in [-0.25, -0.2) is 0 Å². The van der Waals surface area contributed by atoms with E-state index in [9.17, 15) is 0 Å². The molecule has 0 aliphatic carbocycles. The highest BCUT2D eigenvalue weighted by molar-refractivity contribution is 6.23. The lowest BCUT2D eigenvalue weighted by molar-refractivity contribution is 0.710. The second-order valence-corrected chi connectivity index (χ2v) is 7.05. The normalized spacial score (nSPS) is 11.1. The highest BCUT2D eigenvalue weighted by atomic mass is 35.5. The average Bonchev–Trinajstić information content (AvgIpc) is 2.73. The lowest BCUT2D eigenvalue weighted by Crippen LogP contribution is -2.21. The average molecular weight is 387 g/mol. The zero-order valence-electron chi connectivity index (χ0n) is 15.6. The van der Waals surface area contributed by atoms with Crippen LogP contribution in [-0.2, 0) is 6.54 Å². The molecule has 0 spiro atoms. The Balaban J connectivity index is 0.00000192. The van der Waals surface area contributed by atoms with Gasteiger partial charge in [0.05, 0.1) is 0 Å². The molecule has 0 bridgehead atoms. The van der Waals surface area contributed by atoms with Gasteiger partial charge in [0.2, 0.25) is 0 Å². The molecule has 5 rings (SSSR count). The second-order valence-electron chi connectivity index (χ2n) is 7.05. The molecule has 0 unspecified atom stereocenters. The van der Waals surface area contributed by atoms with Crippen molar-refractivity contribution >= 4 is 50.4 Å². The van der Waals surface area contributed by atoms with E-state index in [1.807, 2.05) is 6.07 Å². The molecule has 2 N–H and O–H groups in total. The van der Waals surface area contributed by atoms with E-state index in [4.69, 9.17) is 0 Å². The third-order valence-electron chi connectivity index (χ3n) is 5.34. The van der Waals surface area contributed by atoms with Gasteiger partial charge in [-0.05, 0) is 50.0 Å². The van der Waals surface area contributed by atoms with Gasteiger partial charge in [-0.15, -0.1) is 12.4 Å². The number of hydrogen-bond acceptors (Lipinski definition) is 2. The summed E-state index contributed by atoms with van der Waals surface area (Å²) in [4.78, 5) is 0. The van der Waals surface area contributed by atoms with Gasteiger partial charge < -0.3 is 10.6 Å². The second kappa shape index (κ2) is 8.05. The van der Waals surface area contributed by atoms with Gasteiger partial charge in [-0.2, -0.15) is 0 Å². The predicted molar refractivity (Wildman–Crippen MR) is 124 cm³/mol. The first kappa shape index (κ1) is 18.5. The number of rotatable bonds is 6. The number of para-hydroxylation sites is 1. The van der Waals surface area contributed by atoms with E-state index in [0.29, 0.717) is 0 Å². The molecule has 0 aromatic heterocycles. The van der Waals surface area contributed by atoms with Crippen LogP contribution < -0.4 is 10.6 Å². The molecule has 0 saturated carbocycles. The lowest BCUT2D eigenvalue weighted by atomic mass is 9.92. The molecule has 28 heavy (non-hydrogen) atoms. The molecular formula is C25H23ClN2.